The van der Waals surface area contributed by atoms with Crippen LogP contribution in [-0.4, -0.2) is 53.4 Å². The maximum Gasteiger partial charge on any atom is 0.317 e. The van der Waals surface area contributed by atoms with E-state index in [9.17, 15) is 9.59 Å². The minimum absolute atomic E-state index is 0.0502. The number of carboxylic acids is 1. The quantitative estimate of drug-likeness (QED) is 0.591. The summed E-state index contributed by atoms with van der Waals surface area (Å²) in [5.74, 6) is -0.794. The number of amides is 2. The number of aliphatic hydroxyl groups is 1. The largest absolute Gasteiger partial charge is 0.481 e. The van der Waals surface area contributed by atoms with E-state index in [0.717, 1.165) is 6.42 Å². The number of nitrogens with zero attached hydrogens (tertiary/aromatic N) is 1. The molecule has 0 rings (SSSR count). The van der Waals surface area contributed by atoms with Gasteiger partial charge in [-0.2, -0.15) is 0 Å². The lowest BCUT2D eigenvalue weighted by atomic mass is 9.84. The molecule has 3 N–H and O–H groups in total. The molecule has 0 radical (unpaired) electrons. The molecule has 0 aliphatic heterocycles. The van der Waals surface area contributed by atoms with Gasteiger partial charge < -0.3 is 20.4 Å². The van der Waals surface area contributed by atoms with Gasteiger partial charge in [0.05, 0.1) is 6.61 Å². The number of carbonyl (C=O) groups excluding carboxylic acids is 1. The van der Waals surface area contributed by atoms with Crippen LogP contribution < -0.4 is 5.32 Å². The molecule has 0 fully saturated rings. The van der Waals surface area contributed by atoms with Gasteiger partial charge in [0.25, 0.3) is 0 Å². The molecule has 0 saturated carbocycles. The van der Waals surface area contributed by atoms with Crippen molar-refractivity contribution in [2.45, 2.75) is 40.0 Å². The first-order valence-corrected chi connectivity index (χ1v) is 6.68. The van der Waals surface area contributed by atoms with Crippen LogP contribution in [0.25, 0.3) is 0 Å². The number of urea groups is 1. The summed E-state index contributed by atoms with van der Waals surface area (Å²) in [7, 11) is 0. The van der Waals surface area contributed by atoms with Gasteiger partial charge in [0, 0.05) is 26.1 Å². The SMILES string of the molecule is CCN(CCO)C(=O)NCCC(C)(C)CCC(=O)O. The Hall–Kier alpha value is -1.30. The normalized spacial score (nSPS) is 11.2. The van der Waals surface area contributed by atoms with Crippen LogP contribution in [-0.2, 0) is 4.79 Å². The van der Waals surface area contributed by atoms with Crippen LogP contribution in [0.1, 0.15) is 40.0 Å². The molecular weight excluding hydrogens is 248 g/mol. The first-order chi connectivity index (χ1) is 8.82. The fourth-order valence-electron chi connectivity index (χ4n) is 1.71. The molecule has 0 heterocycles. The highest BCUT2D eigenvalue weighted by Crippen LogP contribution is 2.25. The fourth-order valence-corrected chi connectivity index (χ4v) is 1.71. The van der Waals surface area contributed by atoms with E-state index in [2.05, 4.69) is 5.32 Å². The number of carbonyl (C=O) groups is 2. The van der Waals surface area contributed by atoms with Gasteiger partial charge in [-0.05, 0) is 25.2 Å². The number of hydrogen-bond acceptors (Lipinski definition) is 3. The summed E-state index contributed by atoms with van der Waals surface area (Å²) in [5, 5.41) is 20.3. The zero-order chi connectivity index (χ0) is 14.9. The van der Waals surface area contributed by atoms with Crippen molar-refractivity contribution < 1.29 is 19.8 Å². The number of rotatable bonds is 9. The minimum atomic E-state index is -0.794. The van der Waals surface area contributed by atoms with Crippen molar-refractivity contribution in [3.05, 3.63) is 0 Å². The molecule has 19 heavy (non-hydrogen) atoms. The summed E-state index contributed by atoms with van der Waals surface area (Å²) in [6.45, 7) is 7.17. The Morgan fingerprint density at radius 1 is 1.26 bits per heavy atom. The van der Waals surface area contributed by atoms with Gasteiger partial charge in [-0.1, -0.05) is 13.8 Å². The molecule has 0 atom stereocenters. The summed E-state index contributed by atoms with van der Waals surface area (Å²) in [6.07, 6.45) is 1.46. The molecule has 0 unspecified atom stereocenters. The zero-order valence-corrected chi connectivity index (χ0v) is 12.1. The van der Waals surface area contributed by atoms with E-state index < -0.39 is 5.97 Å². The van der Waals surface area contributed by atoms with Gasteiger partial charge >= 0.3 is 12.0 Å². The second kappa shape index (κ2) is 8.74. The van der Waals surface area contributed by atoms with Crippen LogP contribution in [0.4, 0.5) is 4.79 Å². The summed E-state index contributed by atoms with van der Waals surface area (Å²) in [6, 6.07) is -0.189. The Kier molecular flexibility index (Phi) is 8.14. The molecule has 0 aromatic heterocycles. The molecule has 6 nitrogen and oxygen atoms in total. The molecular formula is C13H26N2O4. The lowest BCUT2D eigenvalue weighted by molar-refractivity contribution is -0.137. The zero-order valence-electron chi connectivity index (χ0n) is 12.1. The third-order valence-electron chi connectivity index (χ3n) is 3.13. The Bertz CT molecular complexity index is 292. The van der Waals surface area contributed by atoms with E-state index >= 15 is 0 Å². The summed E-state index contributed by atoms with van der Waals surface area (Å²) in [4.78, 5) is 23.8. The van der Waals surface area contributed by atoms with E-state index in [0.29, 0.717) is 26.1 Å². The summed E-state index contributed by atoms with van der Waals surface area (Å²) >= 11 is 0. The summed E-state index contributed by atoms with van der Waals surface area (Å²) in [5.41, 5.74) is -0.111. The number of aliphatic hydroxyl groups excluding tert-OH is 1. The van der Waals surface area contributed by atoms with Gasteiger partial charge in [-0.25, -0.2) is 4.79 Å². The van der Waals surface area contributed by atoms with Crippen molar-refractivity contribution in [1.29, 1.82) is 0 Å². The average Bonchev–Trinajstić information content (AvgIpc) is 2.33. The minimum Gasteiger partial charge on any atom is -0.481 e. The smallest absolute Gasteiger partial charge is 0.317 e. The van der Waals surface area contributed by atoms with Crippen molar-refractivity contribution in [2.24, 2.45) is 5.41 Å². The maximum absolute atomic E-state index is 11.7. The highest BCUT2D eigenvalue weighted by molar-refractivity contribution is 5.74. The van der Waals surface area contributed by atoms with Gasteiger partial charge in [0.1, 0.15) is 0 Å². The monoisotopic (exact) mass is 274 g/mol. The van der Waals surface area contributed by atoms with Gasteiger partial charge in [-0.15, -0.1) is 0 Å². The highest BCUT2D eigenvalue weighted by atomic mass is 16.4. The Balaban J connectivity index is 3.99. The van der Waals surface area contributed by atoms with E-state index in [1.807, 2.05) is 20.8 Å². The van der Waals surface area contributed by atoms with Crippen LogP contribution >= 0.6 is 0 Å². The van der Waals surface area contributed by atoms with Crippen molar-refractivity contribution >= 4 is 12.0 Å². The second-order valence-corrected chi connectivity index (χ2v) is 5.34. The third kappa shape index (κ3) is 8.42. The lowest BCUT2D eigenvalue weighted by Gasteiger charge is -2.25. The van der Waals surface area contributed by atoms with E-state index in [1.165, 1.54) is 4.90 Å². The topological polar surface area (TPSA) is 89.9 Å². The number of likely N-dealkylation sites (N-methyl/N-ethyl adjacent to an activating group) is 1. The average molecular weight is 274 g/mol. The molecule has 0 saturated heterocycles. The lowest BCUT2D eigenvalue weighted by Crippen LogP contribution is -2.42. The Morgan fingerprint density at radius 2 is 1.89 bits per heavy atom. The predicted octanol–water partition coefficient (Wildman–Crippen LogP) is 1.29. The van der Waals surface area contributed by atoms with Gasteiger partial charge in [-0.3, -0.25) is 4.79 Å². The van der Waals surface area contributed by atoms with Crippen LogP contribution in [0.5, 0.6) is 0 Å². The Labute approximate surface area is 114 Å². The van der Waals surface area contributed by atoms with Crippen molar-refractivity contribution in [3.63, 3.8) is 0 Å². The summed E-state index contributed by atoms with van der Waals surface area (Å²) < 4.78 is 0. The number of hydrogen-bond donors (Lipinski definition) is 3. The molecule has 112 valence electrons. The van der Waals surface area contributed by atoms with Crippen molar-refractivity contribution in [3.8, 4) is 0 Å². The van der Waals surface area contributed by atoms with Crippen molar-refractivity contribution in [1.82, 2.24) is 10.2 Å². The van der Waals surface area contributed by atoms with Crippen LogP contribution in [0.3, 0.4) is 0 Å². The van der Waals surface area contributed by atoms with E-state index in [1.54, 1.807) is 0 Å². The Morgan fingerprint density at radius 3 is 2.37 bits per heavy atom. The van der Waals surface area contributed by atoms with E-state index in [4.69, 9.17) is 10.2 Å². The molecule has 0 bridgehead atoms. The molecule has 0 aromatic carbocycles. The molecule has 0 aromatic rings. The van der Waals surface area contributed by atoms with Crippen LogP contribution in [0.15, 0.2) is 0 Å². The fraction of sp³-hybridized carbons (Fsp3) is 0.846. The number of nitrogens with one attached hydrogen (secondary N) is 1. The number of aliphatic carboxylic acids is 1. The van der Waals surface area contributed by atoms with Crippen molar-refractivity contribution in [2.75, 3.05) is 26.2 Å². The standard InChI is InChI=1S/C13H26N2O4/c1-4-15(9-10-16)12(19)14-8-7-13(2,3)6-5-11(17)18/h16H,4-10H2,1-3H3,(H,14,19)(H,17,18). The van der Waals surface area contributed by atoms with Gasteiger partial charge in [0.15, 0.2) is 0 Å². The maximum atomic E-state index is 11.7. The van der Waals surface area contributed by atoms with E-state index in [-0.39, 0.29) is 24.5 Å². The predicted molar refractivity (Wildman–Crippen MR) is 73.0 cm³/mol. The number of carboxylic acid groups (broad SMARTS) is 1. The molecule has 0 aliphatic carbocycles. The molecule has 2 amide bonds. The molecule has 0 aliphatic rings. The molecule has 6 heteroatoms. The first kappa shape index (κ1) is 17.7. The van der Waals surface area contributed by atoms with Gasteiger partial charge in [0.2, 0.25) is 0 Å². The first-order valence-electron chi connectivity index (χ1n) is 6.68. The second-order valence-electron chi connectivity index (χ2n) is 5.34. The van der Waals surface area contributed by atoms with Crippen LogP contribution in [0, 0.1) is 5.41 Å². The highest BCUT2D eigenvalue weighted by Gasteiger charge is 2.19. The molecule has 0 spiro atoms. The third-order valence-corrected chi connectivity index (χ3v) is 3.13. The van der Waals surface area contributed by atoms with Crippen LogP contribution in [0.2, 0.25) is 0 Å².